The van der Waals surface area contributed by atoms with Crippen LogP contribution in [-0.4, -0.2) is 5.78 Å². The number of ketones is 1. The Morgan fingerprint density at radius 3 is 2.47 bits per heavy atom. The zero-order chi connectivity index (χ0) is 10.6. The summed E-state index contributed by atoms with van der Waals surface area (Å²) >= 11 is 0. The van der Waals surface area contributed by atoms with Crippen LogP contribution in [0.5, 0.6) is 0 Å². The summed E-state index contributed by atoms with van der Waals surface area (Å²) in [7, 11) is 0. The number of fused-ring (bicyclic) bond motifs is 2. The molecule has 2 bridgehead atoms. The second-order valence-corrected chi connectivity index (χ2v) is 6.66. The number of Topliss-reactive ketones (excluding diaryl/α,β-unsaturated/α-hetero) is 1. The van der Waals surface area contributed by atoms with Crippen LogP contribution in [0.4, 0.5) is 0 Å². The summed E-state index contributed by atoms with van der Waals surface area (Å²) < 4.78 is 0. The van der Waals surface area contributed by atoms with Crippen molar-refractivity contribution in [3.05, 3.63) is 0 Å². The first kappa shape index (κ1) is 9.86. The highest BCUT2D eigenvalue weighted by atomic mass is 16.1. The van der Waals surface area contributed by atoms with Crippen molar-refractivity contribution in [2.45, 2.75) is 52.4 Å². The maximum Gasteiger partial charge on any atom is 0.133 e. The monoisotopic (exact) mass is 206 g/mol. The minimum absolute atomic E-state index is 0.526. The second kappa shape index (κ2) is 3.09. The molecule has 0 aliphatic heterocycles. The van der Waals surface area contributed by atoms with E-state index in [4.69, 9.17) is 0 Å². The molecule has 84 valence electrons. The van der Waals surface area contributed by atoms with Gasteiger partial charge in [-0.3, -0.25) is 4.79 Å². The molecule has 1 unspecified atom stereocenters. The molecule has 0 heterocycles. The normalized spacial score (nSPS) is 47.7. The lowest BCUT2D eigenvalue weighted by atomic mass is 9.63. The average molecular weight is 206 g/mol. The fraction of sp³-hybridized carbons (Fsp3) is 0.929. The first-order valence-electron chi connectivity index (χ1n) is 6.60. The van der Waals surface area contributed by atoms with Crippen LogP contribution in [0.2, 0.25) is 0 Å². The van der Waals surface area contributed by atoms with E-state index in [0.29, 0.717) is 11.2 Å². The number of carbonyl (C=O) groups excluding carboxylic acids is 1. The molecule has 0 radical (unpaired) electrons. The predicted octanol–water partition coefficient (Wildman–Crippen LogP) is 3.43. The van der Waals surface area contributed by atoms with Crippen molar-refractivity contribution in [3.8, 4) is 0 Å². The van der Waals surface area contributed by atoms with Gasteiger partial charge in [-0.1, -0.05) is 13.8 Å². The summed E-state index contributed by atoms with van der Waals surface area (Å²) in [6.45, 7) is 4.93. The molecule has 4 atom stereocenters. The third kappa shape index (κ3) is 1.31. The molecule has 0 amide bonds. The van der Waals surface area contributed by atoms with E-state index < -0.39 is 0 Å². The van der Waals surface area contributed by atoms with Crippen LogP contribution in [0.3, 0.4) is 0 Å². The SMILES string of the molecule is CC1(C)[C@@H]2CC[C@@H](C2)[C@H]1C1CCC(=O)C1. The highest BCUT2D eigenvalue weighted by Crippen LogP contribution is 2.63. The molecule has 0 N–H and O–H groups in total. The molecule has 3 aliphatic carbocycles. The molecule has 0 saturated heterocycles. The standard InChI is InChI=1S/C14H22O/c1-14(2)11-5-3-9(7-11)13(14)10-4-6-12(15)8-10/h9-11,13H,3-8H2,1-2H3/t9-,10?,11+,13-/m0/s1. The van der Waals surface area contributed by atoms with Crippen LogP contribution in [0.25, 0.3) is 0 Å². The summed E-state index contributed by atoms with van der Waals surface area (Å²) in [5.41, 5.74) is 0.526. The summed E-state index contributed by atoms with van der Waals surface area (Å²) in [5, 5.41) is 0. The number of rotatable bonds is 1. The van der Waals surface area contributed by atoms with Gasteiger partial charge >= 0.3 is 0 Å². The van der Waals surface area contributed by atoms with Crippen molar-refractivity contribution >= 4 is 5.78 Å². The van der Waals surface area contributed by atoms with Crippen LogP contribution in [-0.2, 0) is 4.79 Å². The largest absolute Gasteiger partial charge is 0.300 e. The van der Waals surface area contributed by atoms with Crippen molar-refractivity contribution in [1.29, 1.82) is 0 Å². The van der Waals surface area contributed by atoms with E-state index in [1.807, 2.05) is 0 Å². The number of hydrogen-bond acceptors (Lipinski definition) is 1. The zero-order valence-corrected chi connectivity index (χ0v) is 9.96. The van der Waals surface area contributed by atoms with Crippen molar-refractivity contribution in [3.63, 3.8) is 0 Å². The molecule has 15 heavy (non-hydrogen) atoms. The summed E-state index contributed by atoms with van der Waals surface area (Å²) in [6, 6.07) is 0. The van der Waals surface area contributed by atoms with Gasteiger partial charge in [0, 0.05) is 12.8 Å². The van der Waals surface area contributed by atoms with E-state index in [0.717, 1.165) is 36.5 Å². The Morgan fingerprint density at radius 1 is 1.13 bits per heavy atom. The Morgan fingerprint density at radius 2 is 1.93 bits per heavy atom. The van der Waals surface area contributed by atoms with Gasteiger partial charge in [0.2, 0.25) is 0 Å². The lowest BCUT2D eigenvalue weighted by molar-refractivity contribution is -0.117. The summed E-state index contributed by atoms with van der Waals surface area (Å²) in [5.74, 6) is 4.05. The predicted molar refractivity (Wildman–Crippen MR) is 60.5 cm³/mol. The third-order valence-corrected chi connectivity index (χ3v) is 5.68. The minimum atomic E-state index is 0.526. The van der Waals surface area contributed by atoms with Crippen molar-refractivity contribution in [1.82, 2.24) is 0 Å². The van der Waals surface area contributed by atoms with E-state index >= 15 is 0 Å². The molecule has 3 rings (SSSR count). The molecule has 3 saturated carbocycles. The fourth-order valence-electron chi connectivity index (χ4n) is 5.04. The maximum atomic E-state index is 11.4. The molecular weight excluding hydrogens is 184 g/mol. The van der Waals surface area contributed by atoms with Gasteiger partial charge in [-0.25, -0.2) is 0 Å². The Hall–Kier alpha value is -0.330. The summed E-state index contributed by atoms with van der Waals surface area (Å²) in [6.07, 6.45) is 7.32. The van der Waals surface area contributed by atoms with Crippen molar-refractivity contribution in [2.75, 3.05) is 0 Å². The maximum absolute atomic E-state index is 11.4. The summed E-state index contributed by atoms with van der Waals surface area (Å²) in [4.78, 5) is 11.4. The van der Waals surface area contributed by atoms with Gasteiger partial charge in [0.05, 0.1) is 0 Å². The van der Waals surface area contributed by atoms with Crippen LogP contribution in [0.1, 0.15) is 52.4 Å². The molecule has 3 aliphatic rings. The van der Waals surface area contributed by atoms with Gasteiger partial charge in [0.15, 0.2) is 0 Å². The van der Waals surface area contributed by atoms with Crippen molar-refractivity contribution in [2.24, 2.45) is 29.1 Å². The van der Waals surface area contributed by atoms with Crippen LogP contribution >= 0.6 is 0 Å². The van der Waals surface area contributed by atoms with E-state index in [1.54, 1.807) is 0 Å². The molecule has 0 aromatic heterocycles. The molecule has 1 nitrogen and oxygen atoms in total. The smallest absolute Gasteiger partial charge is 0.133 e. The van der Waals surface area contributed by atoms with Gasteiger partial charge < -0.3 is 0 Å². The third-order valence-electron chi connectivity index (χ3n) is 5.68. The van der Waals surface area contributed by atoms with E-state index in [-0.39, 0.29) is 0 Å². The van der Waals surface area contributed by atoms with Gasteiger partial charge in [-0.15, -0.1) is 0 Å². The Balaban J connectivity index is 1.83. The quantitative estimate of drug-likeness (QED) is 0.642. The van der Waals surface area contributed by atoms with Gasteiger partial charge in [-0.2, -0.15) is 0 Å². The lowest BCUT2D eigenvalue weighted by Crippen LogP contribution is -2.35. The lowest BCUT2D eigenvalue weighted by Gasteiger charge is -2.41. The minimum Gasteiger partial charge on any atom is -0.300 e. The molecule has 3 fully saturated rings. The van der Waals surface area contributed by atoms with Gasteiger partial charge in [0.25, 0.3) is 0 Å². The van der Waals surface area contributed by atoms with Crippen LogP contribution in [0, 0.1) is 29.1 Å². The fourth-order valence-corrected chi connectivity index (χ4v) is 5.04. The number of hydrogen-bond donors (Lipinski definition) is 0. The first-order chi connectivity index (χ1) is 7.09. The molecule has 0 spiro atoms. The molecular formula is C14H22O. The highest BCUT2D eigenvalue weighted by Gasteiger charge is 2.55. The molecule has 1 heteroatoms. The Labute approximate surface area is 92.6 Å². The first-order valence-corrected chi connectivity index (χ1v) is 6.60. The van der Waals surface area contributed by atoms with E-state index in [2.05, 4.69) is 13.8 Å². The van der Waals surface area contributed by atoms with E-state index in [9.17, 15) is 4.79 Å². The molecule has 0 aromatic carbocycles. The Kier molecular flexibility index (Phi) is 2.03. The van der Waals surface area contributed by atoms with Crippen LogP contribution in [0.15, 0.2) is 0 Å². The van der Waals surface area contributed by atoms with Gasteiger partial charge in [0.1, 0.15) is 5.78 Å². The van der Waals surface area contributed by atoms with E-state index in [1.165, 1.54) is 25.7 Å². The van der Waals surface area contributed by atoms with Crippen molar-refractivity contribution < 1.29 is 4.79 Å². The topological polar surface area (TPSA) is 17.1 Å². The Bertz CT molecular complexity index is 292. The molecule has 0 aromatic rings. The number of carbonyl (C=O) groups is 1. The van der Waals surface area contributed by atoms with Crippen LogP contribution < -0.4 is 0 Å². The second-order valence-electron chi connectivity index (χ2n) is 6.66. The highest BCUT2D eigenvalue weighted by molar-refractivity contribution is 5.80. The zero-order valence-electron chi connectivity index (χ0n) is 9.96. The van der Waals surface area contributed by atoms with Gasteiger partial charge in [-0.05, 0) is 54.8 Å². The average Bonchev–Trinajstić information content (AvgIpc) is 2.79.